The SMILES string of the molecule is Cc1ccc(S(=O)(=O)N2CCC(C(=O)N3CCOC[C@H]3C#N)CC2)cc1. The fourth-order valence-corrected chi connectivity index (χ4v) is 4.88. The van der Waals surface area contributed by atoms with E-state index in [2.05, 4.69) is 6.07 Å². The Bertz CT molecular complexity index is 793. The highest BCUT2D eigenvalue weighted by Crippen LogP contribution is 2.26. The highest BCUT2D eigenvalue weighted by atomic mass is 32.2. The molecule has 7 nitrogen and oxygen atoms in total. The van der Waals surface area contributed by atoms with Gasteiger partial charge in [0.2, 0.25) is 15.9 Å². The number of hydrogen-bond acceptors (Lipinski definition) is 5. The monoisotopic (exact) mass is 377 g/mol. The average Bonchev–Trinajstić information content (AvgIpc) is 2.68. The van der Waals surface area contributed by atoms with E-state index in [1.54, 1.807) is 29.2 Å². The van der Waals surface area contributed by atoms with Crippen molar-refractivity contribution in [3.05, 3.63) is 29.8 Å². The first-order chi connectivity index (χ1) is 12.4. The lowest BCUT2D eigenvalue weighted by atomic mass is 9.95. The number of carbonyl (C=O) groups excluding carboxylic acids is 1. The number of rotatable bonds is 3. The van der Waals surface area contributed by atoms with Gasteiger partial charge in [-0.2, -0.15) is 9.57 Å². The average molecular weight is 377 g/mol. The van der Waals surface area contributed by atoms with Crippen LogP contribution in [-0.4, -0.2) is 62.4 Å². The molecule has 0 aliphatic carbocycles. The second-order valence-electron chi connectivity index (χ2n) is 6.74. The molecule has 1 aromatic rings. The number of nitrogens with zero attached hydrogens (tertiary/aromatic N) is 3. The summed E-state index contributed by atoms with van der Waals surface area (Å²) in [6, 6.07) is 8.36. The van der Waals surface area contributed by atoms with Gasteiger partial charge in [-0.15, -0.1) is 0 Å². The molecule has 2 heterocycles. The highest BCUT2D eigenvalue weighted by Gasteiger charge is 2.36. The number of amides is 1. The number of nitriles is 1. The van der Waals surface area contributed by atoms with Crippen molar-refractivity contribution in [1.82, 2.24) is 9.21 Å². The van der Waals surface area contributed by atoms with E-state index in [1.165, 1.54) is 4.31 Å². The number of sulfonamides is 1. The molecule has 2 fully saturated rings. The van der Waals surface area contributed by atoms with Gasteiger partial charge in [0.1, 0.15) is 6.04 Å². The number of morpholine rings is 1. The molecule has 0 bridgehead atoms. The number of benzene rings is 1. The van der Waals surface area contributed by atoms with Gasteiger partial charge < -0.3 is 9.64 Å². The summed E-state index contributed by atoms with van der Waals surface area (Å²) >= 11 is 0. The lowest BCUT2D eigenvalue weighted by molar-refractivity contribution is -0.143. The predicted octanol–water partition coefficient (Wildman–Crippen LogP) is 1.15. The third-order valence-electron chi connectivity index (χ3n) is 5.02. The first-order valence-corrected chi connectivity index (χ1v) is 10.2. The Hall–Kier alpha value is -1.95. The molecule has 140 valence electrons. The maximum Gasteiger partial charge on any atom is 0.243 e. The molecule has 0 saturated carbocycles. The van der Waals surface area contributed by atoms with E-state index in [-0.39, 0.29) is 23.3 Å². The van der Waals surface area contributed by atoms with Gasteiger partial charge in [0.05, 0.1) is 24.2 Å². The summed E-state index contributed by atoms with van der Waals surface area (Å²) < 4.78 is 32.2. The molecule has 3 rings (SSSR count). The molecular formula is C18H23N3O4S. The Morgan fingerprint density at radius 3 is 2.46 bits per heavy atom. The van der Waals surface area contributed by atoms with Crippen LogP contribution in [0.5, 0.6) is 0 Å². The van der Waals surface area contributed by atoms with Gasteiger partial charge >= 0.3 is 0 Å². The zero-order valence-corrected chi connectivity index (χ0v) is 15.6. The van der Waals surface area contributed by atoms with E-state index >= 15 is 0 Å². The highest BCUT2D eigenvalue weighted by molar-refractivity contribution is 7.89. The topological polar surface area (TPSA) is 90.7 Å². The lowest BCUT2D eigenvalue weighted by Crippen LogP contribution is -2.52. The number of aryl methyl sites for hydroxylation is 1. The van der Waals surface area contributed by atoms with E-state index in [4.69, 9.17) is 4.74 Å². The summed E-state index contributed by atoms with van der Waals surface area (Å²) in [6.07, 6.45) is 0.943. The Labute approximate surface area is 154 Å². The van der Waals surface area contributed by atoms with E-state index in [0.717, 1.165) is 5.56 Å². The normalized spacial score (nSPS) is 22.8. The van der Waals surface area contributed by atoms with Crippen LogP contribution in [0.1, 0.15) is 18.4 Å². The summed E-state index contributed by atoms with van der Waals surface area (Å²) in [4.78, 5) is 14.6. The molecule has 1 aromatic carbocycles. The largest absolute Gasteiger partial charge is 0.376 e. The van der Waals surface area contributed by atoms with Gasteiger partial charge in [0.25, 0.3) is 0 Å². The van der Waals surface area contributed by atoms with Crippen molar-refractivity contribution in [3.8, 4) is 6.07 Å². The predicted molar refractivity (Wildman–Crippen MR) is 94.6 cm³/mol. The minimum Gasteiger partial charge on any atom is -0.376 e. The fourth-order valence-electron chi connectivity index (χ4n) is 3.41. The van der Waals surface area contributed by atoms with Crippen LogP contribution >= 0.6 is 0 Å². The number of piperidine rings is 1. The van der Waals surface area contributed by atoms with Crippen molar-refractivity contribution < 1.29 is 17.9 Å². The maximum atomic E-state index is 12.7. The van der Waals surface area contributed by atoms with Crippen molar-refractivity contribution in [2.45, 2.75) is 30.7 Å². The maximum absolute atomic E-state index is 12.7. The minimum absolute atomic E-state index is 0.0627. The van der Waals surface area contributed by atoms with E-state index in [0.29, 0.717) is 39.1 Å². The summed E-state index contributed by atoms with van der Waals surface area (Å²) in [7, 11) is -3.53. The van der Waals surface area contributed by atoms with Crippen LogP contribution < -0.4 is 0 Å². The van der Waals surface area contributed by atoms with Crippen LogP contribution in [0.4, 0.5) is 0 Å². The Kier molecular flexibility index (Phi) is 5.61. The first kappa shape index (κ1) is 18.8. The van der Waals surface area contributed by atoms with Crippen molar-refractivity contribution >= 4 is 15.9 Å². The minimum atomic E-state index is -3.53. The molecule has 1 atom stereocenters. The standard InChI is InChI=1S/C18H23N3O4S/c1-14-2-4-17(5-3-14)26(23,24)20-8-6-15(7-9-20)18(22)21-10-11-25-13-16(21)12-19/h2-5,15-16H,6-11,13H2,1H3/t16-/m1/s1. The van der Waals surface area contributed by atoms with Crippen molar-refractivity contribution in [1.29, 1.82) is 5.26 Å². The van der Waals surface area contributed by atoms with Gasteiger partial charge in [-0.1, -0.05) is 17.7 Å². The molecule has 2 aliphatic rings. The molecule has 0 unspecified atom stereocenters. The molecule has 0 aromatic heterocycles. The van der Waals surface area contributed by atoms with E-state index in [1.807, 2.05) is 6.92 Å². The summed E-state index contributed by atoms with van der Waals surface area (Å²) in [5, 5.41) is 9.19. The smallest absolute Gasteiger partial charge is 0.243 e. The van der Waals surface area contributed by atoms with Crippen LogP contribution in [0.15, 0.2) is 29.2 Å². The molecule has 0 radical (unpaired) electrons. The van der Waals surface area contributed by atoms with E-state index < -0.39 is 16.1 Å². The summed E-state index contributed by atoms with van der Waals surface area (Å²) in [5.74, 6) is -0.305. The summed E-state index contributed by atoms with van der Waals surface area (Å²) in [6.45, 7) is 3.63. The third-order valence-corrected chi connectivity index (χ3v) is 6.94. The molecule has 0 spiro atoms. The van der Waals surface area contributed by atoms with Gasteiger partial charge in [-0.3, -0.25) is 4.79 Å². The van der Waals surface area contributed by atoms with Gasteiger partial charge in [0.15, 0.2) is 0 Å². The third kappa shape index (κ3) is 3.75. The van der Waals surface area contributed by atoms with Crippen LogP contribution in [-0.2, 0) is 19.6 Å². The lowest BCUT2D eigenvalue weighted by Gasteiger charge is -2.37. The first-order valence-electron chi connectivity index (χ1n) is 8.78. The van der Waals surface area contributed by atoms with Gasteiger partial charge in [0, 0.05) is 25.6 Å². The second kappa shape index (κ2) is 7.74. The molecule has 26 heavy (non-hydrogen) atoms. The molecule has 2 saturated heterocycles. The van der Waals surface area contributed by atoms with Crippen LogP contribution in [0.3, 0.4) is 0 Å². The van der Waals surface area contributed by atoms with Crippen molar-refractivity contribution in [2.75, 3.05) is 32.8 Å². The van der Waals surface area contributed by atoms with E-state index in [9.17, 15) is 18.5 Å². The van der Waals surface area contributed by atoms with Crippen molar-refractivity contribution in [2.24, 2.45) is 5.92 Å². The fraction of sp³-hybridized carbons (Fsp3) is 0.556. The van der Waals surface area contributed by atoms with Crippen LogP contribution in [0, 0.1) is 24.2 Å². The Morgan fingerprint density at radius 1 is 1.19 bits per heavy atom. The Balaban J connectivity index is 1.64. The molecule has 0 N–H and O–H groups in total. The molecule has 1 amide bonds. The second-order valence-corrected chi connectivity index (χ2v) is 8.68. The Morgan fingerprint density at radius 2 is 1.85 bits per heavy atom. The number of carbonyl (C=O) groups is 1. The van der Waals surface area contributed by atoms with Gasteiger partial charge in [-0.25, -0.2) is 8.42 Å². The zero-order valence-electron chi connectivity index (χ0n) is 14.8. The quantitative estimate of drug-likeness (QED) is 0.788. The van der Waals surface area contributed by atoms with Crippen LogP contribution in [0.25, 0.3) is 0 Å². The van der Waals surface area contributed by atoms with Crippen LogP contribution in [0.2, 0.25) is 0 Å². The number of ether oxygens (including phenoxy) is 1. The summed E-state index contributed by atoms with van der Waals surface area (Å²) in [5.41, 5.74) is 1.01. The zero-order chi connectivity index (χ0) is 18.7. The van der Waals surface area contributed by atoms with Crippen molar-refractivity contribution in [3.63, 3.8) is 0 Å². The number of hydrogen-bond donors (Lipinski definition) is 0. The molecule has 8 heteroatoms. The molecular weight excluding hydrogens is 354 g/mol. The molecule has 2 aliphatic heterocycles. The van der Waals surface area contributed by atoms with Gasteiger partial charge in [-0.05, 0) is 31.9 Å².